The van der Waals surface area contributed by atoms with Crippen molar-refractivity contribution in [3.63, 3.8) is 0 Å². The Balaban J connectivity index is 3.30. The van der Waals surface area contributed by atoms with Gasteiger partial charge in [0.15, 0.2) is 14.9 Å². The highest BCUT2D eigenvalue weighted by Gasteiger charge is 2.21. The fourth-order valence-corrected chi connectivity index (χ4v) is 4.95. The molecule has 0 bridgehead atoms. The molecule has 0 aliphatic carbocycles. The number of hydrogen-bond donors (Lipinski definition) is 2. The lowest BCUT2D eigenvalue weighted by Gasteiger charge is -2.12. The van der Waals surface area contributed by atoms with Crippen molar-refractivity contribution >= 4 is 35.6 Å². The van der Waals surface area contributed by atoms with E-state index in [2.05, 4.69) is 0 Å². The molecule has 0 saturated carbocycles. The number of anilines is 1. The zero-order valence-electron chi connectivity index (χ0n) is 11.1. The van der Waals surface area contributed by atoms with E-state index in [-0.39, 0.29) is 16.3 Å². The maximum Gasteiger partial charge on any atom is 0.247 e. The Kier molecular flexibility index (Phi) is 4.87. The van der Waals surface area contributed by atoms with Gasteiger partial charge in [-0.2, -0.15) is 0 Å². The standard InChI is InChI=1S/C9H14N2O7S3/c1-18-9-4-3-7(21(10,16)17)5-8(9)11-20(14,15)6-19(2,12)13/h3-5,11H,6H2,1-2H3,(H2,10,16,17). The van der Waals surface area contributed by atoms with Crippen LogP contribution in [-0.2, 0) is 29.9 Å². The molecule has 9 nitrogen and oxygen atoms in total. The third-order valence-corrected chi connectivity index (χ3v) is 6.53. The van der Waals surface area contributed by atoms with Crippen molar-refractivity contribution in [2.24, 2.45) is 5.14 Å². The summed E-state index contributed by atoms with van der Waals surface area (Å²) in [5, 5.41) is 3.79. The molecule has 0 aliphatic rings. The van der Waals surface area contributed by atoms with Crippen LogP contribution in [0.25, 0.3) is 0 Å². The number of primary sulfonamides is 1. The summed E-state index contributed by atoms with van der Waals surface area (Å²) < 4.78 is 74.9. The van der Waals surface area contributed by atoms with Gasteiger partial charge in [0, 0.05) is 6.26 Å². The van der Waals surface area contributed by atoms with E-state index in [4.69, 9.17) is 9.88 Å². The largest absolute Gasteiger partial charge is 0.495 e. The van der Waals surface area contributed by atoms with E-state index in [0.29, 0.717) is 0 Å². The molecule has 120 valence electrons. The Morgan fingerprint density at radius 2 is 1.71 bits per heavy atom. The Morgan fingerprint density at radius 1 is 1.14 bits per heavy atom. The smallest absolute Gasteiger partial charge is 0.247 e. The van der Waals surface area contributed by atoms with Crippen molar-refractivity contribution < 1.29 is 30.0 Å². The molecule has 0 radical (unpaired) electrons. The highest BCUT2D eigenvalue weighted by molar-refractivity contribution is 8.08. The lowest BCUT2D eigenvalue weighted by Crippen LogP contribution is -2.23. The number of ether oxygens (including phenoxy) is 1. The minimum atomic E-state index is -4.24. The van der Waals surface area contributed by atoms with Crippen molar-refractivity contribution in [2.45, 2.75) is 4.90 Å². The monoisotopic (exact) mass is 358 g/mol. The topological polar surface area (TPSA) is 150 Å². The third-order valence-electron chi connectivity index (χ3n) is 2.13. The highest BCUT2D eigenvalue weighted by atomic mass is 32.3. The van der Waals surface area contributed by atoms with E-state index in [1.165, 1.54) is 13.2 Å². The summed E-state index contributed by atoms with van der Waals surface area (Å²) >= 11 is 0. The summed E-state index contributed by atoms with van der Waals surface area (Å²) in [4.78, 5) is -0.347. The Labute approximate surface area is 123 Å². The van der Waals surface area contributed by atoms with Crippen molar-refractivity contribution in [3.05, 3.63) is 18.2 Å². The average Bonchev–Trinajstić information content (AvgIpc) is 2.23. The van der Waals surface area contributed by atoms with Crippen LogP contribution in [0.15, 0.2) is 23.1 Å². The molecule has 1 aromatic rings. The fourth-order valence-electron chi connectivity index (χ4n) is 1.42. The van der Waals surface area contributed by atoms with Gasteiger partial charge in [-0.15, -0.1) is 0 Å². The minimum Gasteiger partial charge on any atom is -0.495 e. The number of nitrogens with two attached hydrogens (primary N) is 1. The maximum atomic E-state index is 11.7. The molecular formula is C9H14N2O7S3. The van der Waals surface area contributed by atoms with Crippen LogP contribution in [-0.4, -0.2) is 43.7 Å². The van der Waals surface area contributed by atoms with Gasteiger partial charge in [0.05, 0.1) is 17.7 Å². The zero-order valence-corrected chi connectivity index (χ0v) is 13.5. The number of sulfonamides is 2. The summed E-state index contributed by atoms with van der Waals surface area (Å²) in [6.07, 6.45) is 0.754. The first-order valence-electron chi connectivity index (χ1n) is 5.23. The van der Waals surface area contributed by atoms with Crippen LogP contribution >= 0.6 is 0 Å². The van der Waals surface area contributed by atoms with Crippen molar-refractivity contribution in [2.75, 3.05) is 23.2 Å². The second-order valence-electron chi connectivity index (χ2n) is 4.17. The van der Waals surface area contributed by atoms with E-state index in [0.717, 1.165) is 18.4 Å². The number of sulfone groups is 1. The Hall–Kier alpha value is -1.37. The quantitative estimate of drug-likeness (QED) is 0.668. The highest BCUT2D eigenvalue weighted by Crippen LogP contribution is 2.28. The summed E-state index contributed by atoms with van der Waals surface area (Å²) in [6, 6.07) is 3.26. The van der Waals surface area contributed by atoms with Gasteiger partial charge in [0.25, 0.3) is 0 Å². The van der Waals surface area contributed by atoms with Crippen LogP contribution in [0.5, 0.6) is 5.75 Å². The molecular weight excluding hydrogens is 344 g/mol. The SMILES string of the molecule is COc1ccc(S(N)(=O)=O)cc1NS(=O)(=O)CS(C)(=O)=O. The molecule has 0 amide bonds. The number of nitrogens with one attached hydrogen (secondary N) is 1. The molecule has 0 aliphatic heterocycles. The lowest BCUT2D eigenvalue weighted by atomic mass is 10.3. The molecule has 0 heterocycles. The van der Waals surface area contributed by atoms with Gasteiger partial charge >= 0.3 is 0 Å². The molecule has 0 spiro atoms. The van der Waals surface area contributed by atoms with Gasteiger partial charge in [0.2, 0.25) is 20.0 Å². The van der Waals surface area contributed by atoms with Gasteiger partial charge in [-0.05, 0) is 18.2 Å². The van der Waals surface area contributed by atoms with E-state index in [1.807, 2.05) is 4.72 Å². The second-order valence-corrected chi connectivity index (χ2v) is 9.96. The van der Waals surface area contributed by atoms with Crippen LogP contribution in [0.4, 0.5) is 5.69 Å². The molecule has 21 heavy (non-hydrogen) atoms. The van der Waals surface area contributed by atoms with Gasteiger partial charge in [-0.25, -0.2) is 30.4 Å². The molecule has 0 saturated heterocycles. The Bertz CT molecular complexity index is 841. The molecule has 0 aromatic heterocycles. The van der Waals surface area contributed by atoms with E-state index >= 15 is 0 Å². The number of hydrogen-bond acceptors (Lipinski definition) is 7. The second kappa shape index (κ2) is 5.79. The molecule has 0 unspecified atom stereocenters. The first-order chi connectivity index (χ1) is 9.34. The summed E-state index contributed by atoms with van der Waals surface area (Å²) in [5.74, 6) is 0.0134. The van der Waals surface area contributed by atoms with Gasteiger partial charge in [-0.3, -0.25) is 4.72 Å². The molecule has 1 rings (SSSR count). The summed E-state index contributed by atoms with van der Waals surface area (Å²) in [7, 11) is -10.8. The molecule has 0 fully saturated rings. The van der Waals surface area contributed by atoms with E-state index in [1.54, 1.807) is 0 Å². The predicted octanol–water partition coefficient (Wildman–Crippen LogP) is -0.914. The van der Waals surface area contributed by atoms with Crippen LogP contribution in [0.1, 0.15) is 0 Å². The molecule has 3 N–H and O–H groups in total. The lowest BCUT2D eigenvalue weighted by molar-refractivity contribution is 0.416. The first kappa shape index (κ1) is 17.7. The van der Waals surface area contributed by atoms with Gasteiger partial charge in [0.1, 0.15) is 5.75 Å². The normalized spacial score (nSPS) is 12.9. The number of rotatable bonds is 6. The van der Waals surface area contributed by atoms with Crippen LogP contribution < -0.4 is 14.6 Å². The van der Waals surface area contributed by atoms with Crippen molar-refractivity contribution in [1.82, 2.24) is 0 Å². The van der Waals surface area contributed by atoms with E-state index < -0.39 is 35.0 Å². The van der Waals surface area contributed by atoms with Crippen molar-refractivity contribution in [3.8, 4) is 5.75 Å². The predicted molar refractivity (Wildman–Crippen MR) is 76.6 cm³/mol. The van der Waals surface area contributed by atoms with Crippen LogP contribution in [0, 0.1) is 0 Å². The van der Waals surface area contributed by atoms with Crippen LogP contribution in [0.3, 0.4) is 0 Å². The minimum absolute atomic E-state index is 0.0134. The average molecular weight is 358 g/mol. The molecule has 1 aromatic carbocycles. The number of benzene rings is 1. The number of methoxy groups -OCH3 is 1. The molecule has 0 atom stereocenters. The first-order valence-corrected chi connectivity index (χ1v) is 10.5. The maximum absolute atomic E-state index is 11.7. The zero-order chi connectivity index (χ0) is 16.5. The van der Waals surface area contributed by atoms with Gasteiger partial charge < -0.3 is 4.74 Å². The Morgan fingerprint density at radius 3 is 2.14 bits per heavy atom. The fraction of sp³-hybridized carbons (Fsp3) is 0.333. The van der Waals surface area contributed by atoms with Gasteiger partial charge in [-0.1, -0.05) is 0 Å². The summed E-state index contributed by atoms with van der Waals surface area (Å²) in [5.41, 5.74) is -0.229. The van der Waals surface area contributed by atoms with Crippen LogP contribution in [0.2, 0.25) is 0 Å². The third kappa shape index (κ3) is 5.49. The summed E-state index contributed by atoms with van der Waals surface area (Å²) in [6.45, 7) is 0. The van der Waals surface area contributed by atoms with E-state index in [9.17, 15) is 25.3 Å². The molecule has 12 heteroatoms. The van der Waals surface area contributed by atoms with Crippen molar-refractivity contribution in [1.29, 1.82) is 0 Å².